The average Bonchev–Trinajstić information content (AvgIpc) is 2.61. The van der Waals surface area contributed by atoms with Gasteiger partial charge >= 0.3 is 0 Å². The Kier molecular flexibility index (Phi) is 2.84. The zero-order chi connectivity index (χ0) is 12.6. The van der Waals surface area contributed by atoms with E-state index in [1.165, 1.54) is 10.9 Å². The predicted molar refractivity (Wildman–Crippen MR) is 66.1 cm³/mol. The van der Waals surface area contributed by atoms with Crippen LogP contribution in [0.25, 0.3) is 5.69 Å². The lowest BCUT2D eigenvalue weighted by Crippen LogP contribution is -2.05. The van der Waals surface area contributed by atoms with Crippen LogP contribution in [0, 0.1) is 0 Å². The topological polar surface area (TPSA) is 78.0 Å². The van der Waals surface area contributed by atoms with Crippen LogP contribution < -0.4 is 5.73 Å². The molecule has 2 aromatic rings. The average molecular weight is 272 g/mol. The van der Waals surface area contributed by atoms with Gasteiger partial charge in [-0.15, -0.1) is 0 Å². The molecule has 0 atom stereocenters. The standard InChI is InChI=1S/C10H10ClN3O2S/c1-17(15,16)9-6-13-14(10(9)12)8-4-2-7(11)3-5-8/h2-6H,12H2,1H3. The number of benzene rings is 1. The summed E-state index contributed by atoms with van der Waals surface area (Å²) in [6, 6.07) is 6.77. The van der Waals surface area contributed by atoms with E-state index in [1.807, 2.05) is 0 Å². The molecule has 5 nitrogen and oxygen atoms in total. The van der Waals surface area contributed by atoms with Crippen LogP contribution in [0.4, 0.5) is 5.82 Å². The molecule has 0 radical (unpaired) electrons. The second-order valence-corrected chi connectivity index (χ2v) is 5.98. The fraction of sp³-hybridized carbons (Fsp3) is 0.100. The molecule has 0 aliphatic heterocycles. The Morgan fingerprint density at radius 1 is 1.29 bits per heavy atom. The Balaban J connectivity index is 2.55. The van der Waals surface area contributed by atoms with Gasteiger partial charge in [0.15, 0.2) is 9.84 Å². The highest BCUT2D eigenvalue weighted by Crippen LogP contribution is 2.22. The van der Waals surface area contributed by atoms with Crippen molar-refractivity contribution in [2.75, 3.05) is 12.0 Å². The first-order valence-corrected chi connectivity index (χ1v) is 6.96. The zero-order valence-corrected chi connectivity index (χ0v) is 10.5. The Morgan fingerprint density at radius 2 is 1.88 bits per heavy atom. The first-order chi connectivity index (χ1) is 7.89. The molecule has 0 saturated carbocycles. The largest absolute Gasteiger partial charge is 0.382 e. The van der Waals surface area contributed by atoms with Crippen molar-refractivity contribution in [1.82, 2.24) is 9.78 Å². The molecule has 0 amide bonds. The van der Waals surface area contributed by atoms with Gasteiger partial charge in [0.25, 0.3) is 0 Å². The molecule has 0 spiro atoms. The maximum absolute atomic E-state index is 11.4. The van der Waals surface area contributed by atoms with Crippen molar-refractivity contribution >= 4 is 27.3 Å². The summed E-state index contributed by atoms with van der Waals surface area (Å²) in [4.78, 5) is 0.0208. The van der Waals surface area contributed by atoms with Crippen molar-refractivity contribution in [3.63, 3.8) is 0 Å². The molecule has 0 aliphatic rings. The molecular formula is C10H10ClN3O2S. The van der Waals surface area contributed by atoms with Gasteiger partial charge in [-0.2, -0.15) is 5.10 Å². The number of nitrogen functional groups attached to an aromatic ring is 1. The van der Waals surface area contributed by atoms with E-state index in [1.54, 1.807) is 24.3 Å². The van der Waals surface area contributed by atoms with Crippen molar-refractivity contribution in [1.29, 1.82) is 0 Å². The molecular weight excluding hydrogens is 262 g/mol. The van der Waals surface area contributed by atoms with E-state index in [-0.39, 0.29) is 10.7 Å². The van der Waals surface area contributed by atoms with Crippen LogP contribution in [0.5, 0.6) is 0 Å². The number of nitrogens with zero attached hydrogens (tertiary/aromatic N) is 2. The number of rotatable bonds is 2. The van der Waals surface area contributed by atoms with Crippen LogP contribution in [0.2, 0.25) is 5.02 Å². The number of halogens is 1. The van der Waals surface area contributed by atoms with Gasteiger partial charge in [-0.1, -0.05) is 11.6 Å². The Bertz CT molecular complexity index is 647. The minimum Gasteiger partial charge on any atom is -0.382 e. The lowest BCUT2D eigenvalue weighted by Gasteiger charge is -2.04. The Labute approximate surface area is 104 Å². The fourth-order valence-electron chi connectivity index (χ4n) is 1.42. The summed E-state index contributed by atoms with van der Waals surface area (Å²) in [5, 5.41) is 4.54. The summed E-state index contributed by atoms with van der Waals surface area (Å²) >= 11 is 5.76. The Hall–Kier alpha value is -1.53. The first-order valence-electron chi connectivity index (χ1n) is 4.69. The SMILES string of the molecule is CS(=O)(=O)c1cnn(-c2ccc(Cl)cc2)c1N. The number of hydrogen-bond donors (Lipinski definition) is 1. The maximum Gasteiger partial charge on any atom is 0.180 e. The van der Waals surface area contributed by atoms with Crippen LogP contribution in [-0.2, 0) is 9.84 Å². The highest BCUT2D eigenvalue weighted by atomic mass is 35.5. The van der Waals surface area contributed by atoms with Crippen molar-refractivity contribution in [3.8, 4) is 5.69 Å². The highest BCUT2D eigenvalue weighted by Gasteiger charge is 2.17. The van der Waals surface area contributed by atoms with Crippen LogP contribution in [0.15, 0.2) is 35.4 Å². The number of hydrogen-bond acceptors (Lipinski definition) is 4. The lowest BCUT2D eigenvalue weighted by atomic mass is 10.3. The van der Waals surface area contributed by atoms with Crippen LogP contribution in [0.1, 0.15) is 0 Å². The summed E-state index contributed by atoms with van der Waals surface area (Å²) in [7, 11) is -3.36. The molecule has 0 fully saturated rings. The van der Waals surface area contributed by atoms with E-state index in [2.05, 4.69) is 5.10 Å². The van der Waals surface area contributed by atoms with Gasteiger partial charge < -0.3 is 5.73 Å². The summed E-state index contributed by atoms with van der Waals surface area (Å²) in [6.45, 7) is 0. The van der Waals surface area contributed by atoms with E-state index in [4.69, 9.17) is 17.3 Å². The summed E-state index contributed by atoms with van der Waals surface area (Å²) in [5.74, 6) is 0.0924. The van der Waals surface area contributed by atoms with Gasteiger partial charge in [0.1, 0.15) is 10.7 Å². The van der Waals surface area contributed by atoms with E-state index in [0.29, 0.717) is 10.7 Å². The smallest absolute Gasteiger partial charge is 0.180 e. The third kappa shape index (κ3) is 2.27. The molecule has 2 N–H and O–H groups in total. The van der Waals surface area contributed by atoms with Gasteiger partial charge in [0, 0.05) is 11.3 Å². The molecule has 0 bridgehead atoms. The second kappa shape index (κ2) is 4.05. The van der Waals surface area contributed by atoms with Crippen LogP contribution in [0.3, 0.4) is 0 Å². The monoisotopic (exact) mass is 271 g/mol. The van der Waals surface area contributed by atoms with Gasteiger partial charge in [-0.3, -0.25) is 0 Å². The normalized spacial score (nSPS) is 11.6. The van der Waals surface area contributed by atoms with Gasteiger partial charge in [-0.05, 0) is 24.3 Å². The third-order valence-electron chi connectivity index (χ3n) is 2.24. The maximum atomic E-state index is 11.4. The fourth-order valence-corrected chi connectivity index (χ4v) is 2.25. The quantitative estimate of drug-likeness (QED) is 0.898. The molecule has 17 heavy (non-hydrogen) atoms. The summed E-state index contributed by atoms with van der Waals surface area (Å²) < 4.78 is 24.1. The molecule has 1 heterocycles. The lowest BCUT2D eigenvalue weighted by molar-refractivity contribution is 0.602. The number of sulfone groups is 1. The van der Waals surface area contributed by atoms with Crippen molar-refractivity contribution < 1.29 is 8.42 Å². The third-order valence-corrected chi connectivity index (χ3v) is 3.61. The van der Waals surface area contributed by atoms with E-state index < -0.39 is 9.84 Å². The van der Waals surface area contributed by atoms with Gasteiger partial charge in [0.05, 0.1) is 11.9 Å². The van der Waals surface area contributed by atoms with E-state index in [0.717, 1.165) is 6.26 Å². The second-order valence-electron chi connectivity index (χ2n) is 3.55. The summed E-state index contributed by atoms with van der Waals surface area (Å²) in [5.41, 5.74) is 6.40. The number of anilines is 1. The summed E-state index contributed by atoms with van der Waals surface area (Å²) in [6.07, 6.45) is 2.33. The molecule has 0 saturated heterocycles. The van der Waals surface area contributed by atoms with E-state index >= 15 is 0 Å². The van der Waals surface area contributed by atoms with Crippen LogP contribution >= 0.6 is 11.6 Å². The Morgan fingerprint density at radius 3 is 2.35 bits per heavy atom. The van der Waals surface area contributed by atoms with Gasteiger partial charge in [0.2, 0.25) is 0 Å². The highest BCUT2D eigenvalue weighted by molar-refractivity contribution is 7.90. The number of aromatic nitrogens is 2. The molecule has 90 valence electrons. The van der Waals surface area contributed by atoms with E-state index in [9.17, 15) is 8.42 Å². The molecule has 0 unspecified atom stereocenters. The molecule has 2 rings (SSSR count). The van der Waals surface area contributed by atoms with Crippen molar-refractivity contribution in [2.45, 2.75) is 4.90 Å². The molecule has 1 aromatic carbocycles. The first kappa shape index (κ1) is 11.9. The van der Waals surface area contributed by atoms with Crippen molar-refractivity contribution in [3.05, 3.63) is 35.5 Å². The minimum atomic E-state index is -3.36. The molecule has 1 aromatic heterocycles. The zero-order valence-electron chi connectivity index (χ0n) is 8.96. The number of nitrogens with two attached hydrogens (primary N) is 1. The molecule has 0 aliphatic carbocycles. The van der Waals surface area contributed by atoms with Gasteiger partial charge in [-0.25, -0.2) is 13.1 Å². The van der Waals surface area contributed by atoms with Crippen molar-refractivity contribution in [2.24, 2.45) is 0 Å². The molecule has 7 heteroatoms. The predicted octanol–water partition coefficient (Wildman–Crippen LogP) is 1.51. The minimum absolute atomic E-state index is 0.0208. The van der Waals surface area contributed by atoms with Crippen LogP contribution in [-0.4, -0.2) is 24.5 Å².